The summed E-state index contributed by atoms with van der Waals surface area (Å²) in [6.45, 7) is 6.75. The molecule has 1 unspecified atom stereocenters. The van der Waals surface area contributed by atoms with E-state index in [4.69, 9.17) is 4.74 Å². The molecule has 1 aliphatic rings. The van der Waals surface area contributed by atoms with Crippen molar-refractivity contribution in [2.45, 2.75) is 46.1 Å². The molecule has 1 saturated carbocycles. The van der Waals surface area contributed by atoms with E-state index in [9.17, 15) is 4.79 Å². The lowest BCUT2D eigenvalue weighted by molar-refractivity contribution is 0.0521. The van der Waals surface area contributed by atoms with Crippen LogP contribution in [0.4, 0.5) is 5.00 Å². The normalized spacial score (nSPS) is 21.8. The monoisotopic (exact) mass is 268 g/mol. The molecule has 1 aromatic rings. The number of thiazole rings is 1. The zero-order valence-electron chi connectivity index (χ0n) is 11.2. The van der Waals surface area contributed by atoms with Gasteiger partial charge in [-0.25, -0.2) is 9.78 Å². The minimum absolute atomic E-state index is 0.335. The number of hydrogen-bond acceptors (Lipinski definition) is 5. The summed E-state index contributed by atoms with van der Waals surface area (Å²) >= 11 is 1.47. The number of ether oxygens (including phenoxy) is 1. The van der Waals surface area contributed by atoms with Crippen molar-refractivity contribution in [1.82, 2.24) is 4.98 Å². The van der Waals surface area contributed by atoms with Crippen molar-refractivity contribution in [1.29, 1.82) is 0 Å². The molecule has 1 atom stereocenters. The molecule has 1 N–H and O–H groups in total. The van der Waals surface area contributed by atoms with Crippen LogP contribution in [-0.2, 0) is 4.74 Å². The zero-order valence-corrected chi connectivity index (χ0v) is 12.0. The molecule has 0 bridgehead atoms. The summed E-state index contributed by atoms with van der Waals surface area (Å²) in [5.41, 5.74) is 2.51. The largest absolute Gasteiger partial charge is 0.461 e. The van der Waals surface area contributed by atoms with Crippen molar-refractivity contribution in [3.05, 3.63) is 11.2 Å². The highest BCUT2D eigenvalue weighted by atomic mass is 32.1. The predicted octanol–water partition coefficient (Wildman–Crippen LogP) is 3.31. The second-order valence-corrected chi connectivity index (χ2v) is 6.35. The van der Waals surface area contributed by atoms with Crippen LogP contribution in [0.25, 0.3) is 0 Å². The molecule has 0 spiro atoms. The molecule has 4 nitrogen and oxygen atoms in total. The number of nitrogens with zero attached hydrogens (tertiary/aromatic N) is 1. The molecule has 0 amide bonds. The van der Waals surface area contributed by atoms with Gasteiger partial charge in [0, 0.05) is 6.04 Å². The maximum Gasteiger partial charge on any atom is 0.360 e. The molecule has 100 valence electrons. The van der Waals surface area contributed by atoms with Gasteiger partial charge >= 0.3 is 5.97 Å². The molecule has 1 aliphatic carbocycles. The van der Waals surface area contributed by atoms with Gasteiger partial charge in [-0.3, -0.25) is 0 Å². The Kier molecular flexibility index (Phi) is 3.90. The van der Waals surface area contributed by atoms with Crippen molar-refractivity contribution < 1.29 is 9.53 Å². The molecule has 1 heterocycles. The molecule has 1 aromatic heterocycles. The maximum atomic E-state index is 11.7. The number of carbonyl (C=O) groups is 1. The SMILES string of the molecule is CCOC(=O)c1ncsc1NC1CCC(C)(C)C1. The van der Waals surface area contributed by atoms with E-state index in [2.05, 4.69) is 24.1 Å². The number of esters is 1. The Labute approximate surface area is 112 Å². The van der Waals surface area contributed by atoms with E-state index in [1.165, 1.54) is 17.8 Å². The van der Waals surface area contributed by atoms with Gasteiger partial charge < -0.3 is 10.1 Å². The van der Waals surface area contributed by atoms with Crippen LogP contribution >= 0.6 is 11.3 Å². The third-order valence-electron chi connectivity index (χ3n) is 3.34. The number of carbonyl (C=O) groups excluding carboxylic acids is 1. The van der Waals surface area contributed by atoms with E-state index in [-0.39, 0.29) is 5.97 Å². The summed E-state index contributed by atoms with van der Waals surface area (Å²) in [6.07, 6.45) is 3.50. The lowest BCUT2D eigenvalue weighted by Gasteiger charge is -2.18. The first kappa shape index (κ1) is 13.3. The summed E-state index contributed by atoms with van der Waals surface area (Å²) in [6, 6.07) is 0.439. The second kappa shape index (κ2) is 5.26. The average Bonchev–Trinajstić information content (AvgIpc) is 2.86. The van der Waals surface area contributed by atoms with Crippen LogP contribution in [0.5, 0.6) is 0 Å². The lowest BCUT2D eigenvalue weighted by Crippen LogP contribution is -2.19. The van der Waals surface area contributed by atoms with Crippen LogP contribution in [0.2, 0.25) is 0 Å². The fourth-order valence-electron chi connectivity index (χ4n) is 2.44. The van der Waals surface area contributed by atoms with E-state index < -0.39 is 0 Å². The van der Waals surface area contributed by atoms with Gasteiger partial charge in [-0.15, -0.1) is 11.3 Å². The van der Waals surface area contributed by atoms with Gasteiger partial charge in [0.05, 0.1) is 12.1 Å². The standard InChI is InChI=1S/C13H20N2O2S/c1-4-17-12(16)10-11(18-8-14-10)15-9-5-6-13(2,3)7-9/h8-9,15H,4-7H2,1-3H3. The number of aromatic nitrogens is 1. The van der Waals surface area contributed by atoms with Gasteiger partial charge in [-0.05, 0) is 31.6 Å². The number of rotatable bonds is 4. The molecule has 5 heteroatoms. The average molecular weight is 268 g/mol. The van der Waals surface area contributed by atoms with Gasteiger partial charge in [0.1, 0.15) is 5.00 Å². The zero-order chi connectivity index (χ0) is 13.2. The summed E-state index contributed by atoms with van der Waals surface area (Å²) in [5, 5.41) is 4.28. The first-order chi connectivity index (χ1) is 8.52. The first-order valence-corrected chi connectivity index (χ1v) is 7.27. The van der Waals surface area contributed by atoms with Gasteiger partial charge in [0.15, 0.2) is 5.69 Å². The van der Waals surface area contributed by atoms with E-state index >= 15 is 0 Å². The van der Waals surface area contributed by atoms with Gasteiger partial charge in [0.25, 0.3) is 0 Å². The van der Waals surface area contributed by atoms with Crippen molar-refractivity contribution in [3.8, 4) is 0 Å². The highest BCUT2D eigenvalue weighted by Gasteiger charge is 2.31. The van der Waals surface area contributed by atoms with E-state index in [0.29, 0.717) is 23.8 Å². The topological polar surface area (TPSA) is 51.2 Å². The Balaban J connectivity index is 2.02. The summed E-state index contributed by atoms with van der Waals surface area (Å²) in [5.74, 6) is -0.335. The molecule has 0 saturated heterocycles. The fourth-order valence-corrected chi connectivity index (χ4v) is 3.18. The van der Waals surface area contributed by atoms with Crippen LogP contribution in [0.3, 0.4) is 0 Å². The van der Waals surface area contributed by atoms with Crippen LogP contribution < -0.4 is 5.32 Å². The lowest BCUT2D eigenvalue weighted by atomic mass is 9.92. The van der Waals surface area contributed by atoms with Crippen LogP contribution in [0.15, 0.2) is 5.51 Å². The maximum absolute atomic E-state index is 11.7. The Bertz CT molecular complexity index is 428. The third kappa shape index (κ3) is 3.02. The van der Waals surface area contributed by atoms with Crippen LogP contribution in [-0.4, -0.2) is 23.6 Å². The van der Waals surface area contributed by atoms with Crippen molar-refractivity contribution in [2.75, 3.05) is 11.9 Å². The quantitative estimate of drug-likeness (QED) is 0.851. The Hall–Kier alpha value is -1.10. The van der Waals surface area contributed by atoms with Crippen LogP contribution in [0.1, 0.15) is 50.5 Å². The predicted molar refractivity (Wildman–Crippen MR) is 73.1 cm³/mol. The number of hydrogen-bond donors (Lipinski definition) is 1. The molecule has 2 rings (SSSR count). The number of nitrogens with one attached hydrogen (secondary N) is 1. The third-order valence-corrected chi connectivity index (χ3v) is 4.10. The summed E-state index contributed by atoms with van der Waals surface area (Å²) < 4.78 is 5.00. The van der Waals surface area contributed by atoms with Crippen molar-refractivity contribution in [2.24, 2.45) is 5.41 Å². The van der Waals surface area contributed by atoms with Crippen molar-refractivity contribution in [3.63, 3.8) is 0 Å². The minimum atomic E-state index is -0.335. The minimum Gasteiger partial charge on any atom is -0.461 e. The van der Waals surface area contributed by atoms with Crippen LogP contribution in [0, 0.1) is 5.41 Å². The molecule has 0 radical (unpaired) electrons. The van der Waals surface area contributed by atoms with Gasteiger partial charge in [0.2, 0.25) is 0 Å². The highest BCUT2D eigenvalue weighted by Crippen LogP contribution is 2.39. The Morgan fingerprint density at radius 1 is 1.67 bits per heavy atom. The molecule has 1 fully saturated rings. The Morgan fingerprint density at radius 2 is 2.44 bits per heavy atom. The van der Waals surface area contributed by atoms with Gasteiger partial charge in [-0.1, -0.05) is 13.8 Å². The molecule has 0 aliphatic heterocycles. The Morgan fingerprint density at radius 3 is 3.06 bits per heavy atom. The molecular formula is C13H20N2O2S. The first-order valence-electron chi connectivity index (χ1n) is 6.39. The van der Waals surface area contributed by atoms with Crippen molar-refractivity contribution >= 4 is 22.3 Å². The van der Waals surface area contributed by atoms with E-state index in [1.54, 1.807) is 12.4 Å². The number of anilines is 1. The molecular weight excluding hydrogens is 248 g/mol. The second-order valence-electron chi connectivity index (χ2n) is 5.50. The smallest absolute Gasteiger partial charge is 0.360 e. The van der Waals surface area contributed by atoms with Gasteiger partial charge in [-0.2, -0.15) is 0 Å². The molecule has 18 heavy (non-hydrogen) atoms. The summed E-state index contributed by atoms with van der Waals surface area (Å²) in [7, 11) is 0. The highest BCUT2D eigenvalue weighted by molar-refractivity contribution is 7.14. The fraction of sp³-hybridized carbons (Fsp3) is 0.692. The molecule has 0 aromatic carbocycles. The summed E-state index contributed by atoms with van der Waals surface area (Å²) in [4.78, 5) is 15.8. The van der Waals surface area contributed by atoms with E-state index in [1.807, 2.05) is 0 Å². The van der Waals surface area contributed by atoms with E-state index in [0.717, 1.165) is 17.8 Å².